The Morgan fingerprint density at radius 3 is 2.59 bits per heavy atom. The van der Waals surface area contributed by atoms with Gasteiger partial charge in [-0.05, 0) is 37.3 Å². The molecule has 0 unspecified atom stereocenters. The highest BCUT2D eigenvalue weighted by Gasteiger charge is 2.40. The lowest BCUT2D eigenvalue weighted by Gasteiger charge is -2.38. The van der Waals surface area contributed by atoms with E-state index in [2.05, 4.69) is 0 Å². The number of aliphatic carboxylic acids is 1. The summed E-state index contributed by atoms with van der Waals surface area (Å²) in [6.45, 7) is 1.82. The van der Waals surface area contributed by atoms with Crippen molar-refractivity contribution in [3.8, 4) is 0 Å². The molecule has 0 aromatic heterocycles. The summed E-state index contributed by atoms with van der Waals surface area (Å²) >= 11 is 0. The Morgan fingerprint density at radius 2 is 1.89 bits per heavy atom. The number of hydrogen-bond donors (Lipinski definition) is 1. The van der Waals surface area contributed by atoms with E-state index >= 15 is 0 Å². The lowest BCUT2D eigenvalue weighted by atomic mass is 9.90. The molecule has 1 amide bonds. The summed E-state index contributed by atoms with van der Waals surface area (Å²) in [6, 6.07) is 9.92. The zero-order chi connectivity index (χ0) is 19.3. The van der Waals surface area contributed by atoms with Crippen LogP contribution >= 0.6 is 0 Å². The molecule has 2 atom stereocenters. The van der Waals surface area contributed by atoms with E-state index in [0.717, 1.165) is 9.69 Å². The molecule has 8 heteroatoms. The number of benzene rings is 2. The molecule has 0 radical (unpaired) electrons. The molecule has 2 aliphatic rings. The van der Waals surface area contributed by atoms with Gasteiger partial charge in [0.15, 0.2) is 0 Å². The standard InChI is InChI=1S/C19H20N2O5S/c1-12-14(19(23)24)7-4-10-20(12)17(22)11-21-15-8-2-5-13-6-3-9-16(18(13)15)27(21,25)26/h2-3,5-6,8-9,12,14H,4,7,10-11H2,1H3,(H,23,24)/t12-,14-/m1/s1. The van der Waals surface area contributed by atoms with Crippen LogP contribution in [-0.4, -0.2) is 49.4 Å². The molecule has 2 aromatic rings. The smallest absolute Gasteiger partial charge is 0.308 e. The van der Waals surface area contributed by atoms with Gasteiger partial charge < -0.3 is 10.0 Å². The number of carboxylic acid groups (broad SMARTS) is 1. The van der Waals surface area contributed by atoms with Gasteiger partial charge >= 0.3 is 5.97 Å². The average Bonchev–Trinajstić information content (AvgIpc) is 2.85. The molecule has 2 heterocycles. The fourth-order valence-corrected chi connectivity index (χ4v) is 5.83. The highest BCUT2D eigenvalue weighted by Crippen LogP contribution is 2.42. The van der Waals surface area contributed by atoms with Gasteiger partial charge in [0.2, 0.25) is 5.91 Å². The highest BCUT2D eigenvalue weighted by molar-refractivity contribution is 7.93. The summed E-state index contributed by atoms with van der Waals surface area (Å²) in [5.74, 6) is -1.92. The third-order valence-electron chi connectivity index (χ3n) is 5.59. The van der Waals surface area contributed by atoms with Crippen molar-refractivity contribution in [1.82, 2.24) is 4.90 Å². The topological polar surface area (TPSA) is 95.0 Å². The third-order valence-corrected chi connectivity index (χ3v) is 7.39. The molecule has 142 valence electrons. The third kappa shape index (κ3) is 2.66. The number of hydrogen-bond acceptors (Lipinski definition) is 4. The van der Waals surface area contributed by atoms with Crippen molar-refractivity contribution >= 4 is 38.4 Å². The molecule has 2 aromatic carbocycles. The van der Waals surface area contributed by atoms with Crippen LogP contribution in [0.1, 0.15) is 19.8 Å². The van der Waals surface area contributed by atoms with E-state index in [1.165, 1.54) is 4.90 Å². The first-order valence-corrected chi connectivity index (χ1v) is 10.3. The van der Waals surface area contributed by atoms with Crippen LogP contribution in [0.4, 0.5) is 5.69 Å². The maximum Gasteiger partial charge on any atom is 0.308 e. The van der Waals surface area contributed by atoms with E-state index in [1.54, 1.807) is 31.2 Å². The van der Waals surface area contributed by atoms with Crippen LogP contribution < -0.4 is 4.31 Å². The van der Waals surface area contributed by atoms with Gasteiger partial charge in [-0.1, -0.05) is 24.3 Å². The first kappa shape index (κ1) is 17.8. The number of amides is 1. The number of rotatable bonds is 3. The molecule has 2 aliphatic heterocycles. The SMILES string of the molecule is C[C@@H]1[C@H](C(=O)O)CCCN1C(=O)CN1c2cccc3cccc(c23)S1(=O)=O. The molecule has 1 saturated heterocycles. The zero-order valence-corrected chi connectivity index (χ0v) is 15.6. The van der Waals surface area contributed by atoms with Gasteiger partial charge in [-0.15, -0.1) is 0 Å². The molecule has 0 saturated carbocycles. The molecular weight excluding hydrogens is 368 g/mol. The molecule has 0 bridgehead atoms. The first-order chi connectivity index (χ1) is 12.8. The Bertz CT molecular complexity index is 1040. The lowest BCUT2D eigenvalue weighted by molar-refractivity contribution is -0.148. The van der Waals surface area contributed by atoms with Gasteiger partial charge in [-0.25, -0.2) is 8.42 Å². The summed E-state index contributed by atoms with van der Waals surface area (Å²) in [5.41, 5.74) is 0.496. The number of nitrogens with zero attached hydrogens (tertiary/aromatic N) is 2. The van der Waals surface area contributed by atoms with Crippen LogP contribution in [0.25, 0.3) is 10.8 Å². The molecule has 27 heavy (non-hydrogen) atoms. The molecule has 4 rings (SSSR count). The van der Waals surface area contributed by atoms with Crippen LogP contribution in [-0.2, 0) is 19.6 Å². The van der Waals surface area contributed by atoms with E-state index < -0.39 is 28.0 Å². The molecular formula is C19H20N2O5S. The maximum atomic E-state index is 13.0. The van der Waals surface area contributed by atoms with Crippen molar-refractivity contribution in [2.24, 2.45) is 5.92 Å². The van der Waals surface area contributed by atoms with E-state index in [-0.39, 0.29) is 17.3 Å². The molecule has 0 spiro atoms. The van der Waals surface area contributed by atoms with Crippen molar-refractivity contribution in [3.63, 3.8) is 0 Å². The number of likely N-dealkylation sites (tertiary alicyclic amines) is 1. The second-order valence-corrected chi connectivity index (χ2v) is 8.89. The van der Waals surface area contributed by atoms with E-state index in [1.807, 2.05) is 12.1 Å². The molecule has 1 fully saturated rings. The Hall–Kier alpha value is -2.61. The normalized spacial score (nSPS) is 23.6. The zero-order valence-electron chi connectivity index (χ0n) is 14.8. The first-order valence-electron chi connectivity index (χ1n) is 8.89. The highest BCUT2D eigenvalue weighted by atomic mass is 32.2. The summed E-state index contributed by atoms with van der Waals surface area (Å²) in [4.78, 5) is 26.0. The van der Waals surface area contributed by atoms with Crippen LogP contribution in [0.2, 0.25) is 0 Å². The Labute approximate surface area is 157 Å². The van der Waals surface area contributed by atoms with Crippen LogP contribution in [0.3, 0.4) is 0 Å². The predicted octanol–water partition coefficient (Wildman–Crippen LogP) is 2.06. The van der Waals surface area contributed by atoms with Crippen molar-refractivity contribution in [2.75, 3.05) is 17.4 Å². The number of carboxylic acids is 1. The number of sulfonamides is 1. The number of carbonyl (C=O) groups is 2. The van der Waals surface area contributed by atoms with E-state index in [4.69, 9.17) is 0 Å². The van der Waals surface area contributed by atoms with Gasteiger partial charge in [-0.2, -0.15) is 0 Å². The van der Waals surface area contributed by atoms with Crippen molar-refractivity contribution < 1.29 is 23.1 Å². The quantitative estimate of drug-likeness (QED) is 0.868. The van der Waals surface area contributed by atoms with Gasteiger partial charge in [0.05, 0.1) is 16.5 Å². The minimum atomic E-state index is -3.81. The van der Waals surface area contributed by atoms with Gasteiger partial charge in [0, 0.05) is 18.0 Å². The van der Waals surface area contributed by atoms with Crippen LogP contribution in [0.5, 0.6) is 0 Å². The Balaban J connectivity index is 1.66. The minimum absolute atomic E-state index is 0.207. The average molecular weight is 388 g/mol. The van der Waals surface area contributed by atoms with Gasteiger partial charge in [0.1, 0.15) is 6.54 Å². The largest absolute Gasteiger partial charge is 0.481 e. The summed E-state index contributed by atoms with van der Waals surface area (Å²) in [6.07, 6.45) is 1.11. The van der Waals surface area contributed by atoms with Crippen LogP contribution in [0.15, 0.2) is 41.3 Å². The van der Waals surface area contributed by atoms with Crippen molar-refractivity contribution in [3.05, 3.63) is 36.4 Å². The summed E-state index contributed by atoms with van der Waals surface area (Å²) < 4.78 is 27.1. The van der Waals surface area contributed by atoms with Gasteiger partial charge in [0.25, 0.3) is 10.0 Å². The number of piperidine rings is 1. The van der Waals surface area contributed by atoms with Crippen molar-refractivity contribution in [2.45, 2.75) is 30.7 Å². The predicted molar refractivity (Wildman–Crippen MR) is 100 cm³/mol. The fraction of sp³-hybridized carbons (Fsp3) is 0.368. The molecule has 7 nitrogen and oxygen atoms in total. The summed E-state index contributed by atoms with van der Waals surface area (Å²) in [7, 11) is -3.81. The Morgan fingerprint density at radius 1 is 1.19 bits per heavy atom. The minimum Gasteiger partial charge on any atom is -0.481 e. The number of anilines is 1. The monoisotopic (exact) mass is 388 g/mol. The fourth-order valence-electron chi connectivity index (χ4n) is 4.17. The lowest BCUT2D eigenvalue weighted by Crippen LogP contribution is -2.52. The maximum absolute atomic E-state index is 13.0. The van der Waals surface area contributed by atoms with Gasteiger partial charge in [-0.3, -0.25) is 13.9 Å². The van der Waals surface area contributed by atoms with E-state index in [9.17, 15) is 23.1 Å². The van der Waals surface area contributed by atoms with Crippen molar-refractivity contribution in [1.29, 1.82) is 0 Å². The molecule has 0 aliphatic carbocycles. The summed E-state index contributed by atoms with van der Waals surface area (Å²) in [5, 5.41) is 10.8. The van der Waals surface area contributed by atoms with Crippen LogP contribution in [0, 0.1) is 5.92 Å². The Kier molecular flexibility index (Phi) is 4.10. The number of carbonyl (C=O) groups excluding carboxylic acids is 1. The van der Waals surface area contributed by atoms with E-state index in [0.29, 0.717) is 30.5 Å². The second-order valence-electron chi connectivity index (χ2n) is 7.06. The molecule has 1 N–H and O–H groups in total. The second kappa shape index (κ2) is 6.23.